The summed E-state index contributed by atoms with van der Waals surface area (Å²) in [6.07, 6.45) is -4.54. The summed E-state index contributed by atoms with van der Waals surface area (Å²) in [5.41, 5.74) is -0.197. The summed E-state index contributed by atoms with van der Waals surface area (Å²) in [6.45, 7) is 9.54. The minimum Gasteiger partial charge on any atom is -0.444 e. The van der Waals surface area contributed by atoms with E-state index < -0.39 is 17.3 Å². The van der Waals surface area contributed by atoms with E-state index in [9.17, 15) is 18.0 Å². The maximum absolute atomic E-state index is 12.6. The van der Waals surface area contributed by atoms with E-state index in [-0.39, 0.29) is 6.09 Å². The van der Waals surface area contributed by atoms with Crippen molar-refractivity contribution >= 4 is 6.09 Å². The second-order valence-corrected chi connectivity index (χ2v) is 8.29. The molecule has 1 aromatic rings. The Morgan fingerprint density at radius 1 is 1.04 bits per heavy atom. The number of amides is 1. The summed E-state index contributed by atoms with van der Waals surface area (Å²) in [7, 11) is 0. The van der Waals surface area contributed by atoms with Gasteiger partial charge in [0.05, 0.1) is 5.56 Å². The van der Waals surface area contributed by atoms with Gasteiger partial charge in [-0.15, -0.1) is 0 Å². The van der Waals surface area contributed by atoms with Gasteiger partial charge in [0, 0.05) is 32.7 Å². The molecule has 0 aliphatic carbocycles. The minimum absolute atomic E-state index is 0.255. The number of benzene rings is 1. The normalized spacial score (nSPS) is 19.8. The van der Waals surface area contributed by atoms with Crippen LogP contribution in [0.1, 0.15) is 31.9 Å². The molecule has 4 nitrogen and oxygen atoms in total. The third-order valence-electron chi connectivity index (χ3n) is 4.90. The van der Waals surface area contributed by atoms with Crippen molar-refractivity contribution in [2.75, 3.05) is 26.2 Å². The van der Waals surface area contributed by atoms with Gasteiger partial charge in [-0.05, 0) is 50.3 Å². The first-order chi connectivity index (χ1) is 12.0. The van der Waals surface area contributed by atoms with Crippen LogP contribution in [0.4, 0.5) is 18.0 Å². The molecule has 3 rings (SSSR count). The third kappa shape index (κ3) is 4.50. The smallest absolute Gasteiger partial charge is 0.416 e. The van der Waals surface area contributed by atoms with Gasteiger partial charge >= 0.3 is 12.3 Å². The van der Waals surface area contributed by atoms with Crippen LogP contribution >= 0.6 is 0 Å². The lowest BCUT2D eigenvalue weighted by molar-refractivity contribution is -0.137. The molecule has 7 heteroatoms. The lowest BCUT2D eigenvalue weighted by Gasteiger charge is -2.50. The van der Waals surface area contributed by atoms with Crippen molar-refractivity contribution < 1.29 is 22.7 Å². The molecular weight excluding hydrogens is 345 g/mol. The fourth-order valence-corrected chi connectivity index (χ4v) is 3.38. The molecule has 2 heterocycles. The first-order valence-corrected chi connectivity index (χ1v) is 8.88. The Morgan fingerprint density at radius 2 is 1.58 bits per heavy atom. The average molecular weight is 370 g/mol. The van der Waals surface area contributed by atoms with E-state index in [0.717, 1.165) is 43.9 Å². The van der Waals surface area contributed by atoms with Crippen molar-refractivity contribution in [2.45, 2.75) is 39.1 Å². The van der Waals surface area contributed by atoms with E-state index in [1.807, 2.05) is 20.8 Å². The molecule has 1 amide bonds. The molecule has 2 saturated heterocycles. The highest BCUT2D eigenvalue weighted by Gasteiger charge is 2.42. The number of likely N-dealkylation sites (tertiary alicyclic amines) is 2. The maximum atomic E-state index is 12.6. The summed E-state index contributed by atoms with van der Waals surface area (Å²) in [4.78, 5) is 15.9. The number of hydrogen-bond donors (Lipinski definition) is 0. The number of ether oxygens (including phenoxy) is 1. The van der Waals surface area contributed by atoms with Crippen molar-refractivity contribution in [3.05, 3.63) is 35.4 Å². The third-order valence-corrected chi connectivity index (χ3v) is 4.90. The van der Waals surface area contributed by atoms with Crippen LogP contribution in [0.3, 0.4) is 0 Å². The highest BCUT2D eigenvalue weighted by molar-refractivity contribution is 5.69. The molecule has 2 aliphatic heterocycles. The topological polar surface area (TPSA) is 32.8 Å². The van der Waals surface area contributed by atoms with E-state index in [1.165, 1.54) is 0 Å². The van der Waals surface area contributed by atoms with Gasteiger partial charge in [-0.25, -0.2) is 4.79 Å². The van der Waals surface area contributed by atoms with Crippen molar-refractivity contribution in [3.8, 4) is 0 Å². The molecule has 2 fully saturated rings. The molecule has 0 N–H and O–H groups in total. The number of hydrogen-bond acceptors (Lipinski definition) is 3. The standard InChI is InChI=1S/C19H25F3N2O2/c1-18(2,3)26-17(25)24-11-15(12-24)14-9-23(10-14)8-13-4-6-16(7-5-13)19(20,21)22/h4-7,14-15H,8-12H2,1-3H3. The van der Waals surface area contributed by atoms with E-state index in [1.54, 1.807) is 17.0 Å². The van der Waals surface area contributed by atoms with Crippen LogP contribution in [-0.2, 0) is 17.5 Å². The maximum Gasteiger partial charge on any atom is 0.416 e. The molecule has 1 aromatic carbocycles. The minimum atomic E-state index is -4.29. The van der Waals surface area contributed by atoms with Crippen LogP contribution in [0.2, 0.25) is 0 Å². The zero-order valence-corrected chi connectivity index (χ0v) is 15.3. The van der Waals surface area contributed by atoms with Crippen molar-refractivity contribution in [2.24, 2.45) is 11.8 Å². The zero-order chi connectivity index (χ0) is 19.1. The summed E-state index contributed by atoms with van der Waals surface area (Å²) >= 11 is 0. The Bertz CT molecular complexity index is 640. The van der Waals surface area contributed by atoms with E-state index in [4.69, 9.17) is 4.74 Å². The van der Waals surface area contributed by atoms with Crippen molar-refractivity contribution in [1.82, 2.24) is 9.80 Å². The molecule has 144 valence electrons. The van der Waals surface area contributed by atoms with Gasteiger partial charge < -0.3 is 9.64 Å². The molecule has 2 aliphatic rings. The van der Waals surface area contributed by atoms with Crippen LogP contribution in [0.25, 0.3) is 0 Å². The van der Waals surface area contributed by atoms with E-state index >= 15 is 0 Å². The van der Waals surface area contributed by atoms with Crippen molar-refractivity contribution in [3.63, 3.8) is 0 Å². The quantitative estimate of drug-likeness (QED) is 0.806. The summed E-state index contributed by atoms with van der Waals surface area (Å²) < 4.78 is 43.1. The monoisotopic (exact) mass is 370 g/mol. The fraction of sp³-hybridized carbons (Fsp3) is 0.632. The first-order valence-electron chi connectivity index (χ1n) is 8.88. The molecule has 0 radical (unpaired) electrons. The number of alkyl halides is 3. The molecule has 0 bridgehead atoms. The van der Waals surface area contributed by atoms with E-state index in [0.29, 0.717) is 18.4 Å². The van der Waals surface area contributed by atoms with Crippen LogP contribution in [-0.4, -0.2) is 47.7 Å². The second kappa shape index (κ2) is 6.76. The highest BCUT2D eigenvalue weighted by atomic mass is 19.4. The average Bonchev–Trinajstić information content (AvgIpc) is 2.40. The van der Waals surface area contributed by atoms with Crippen molar-refractivity contribution in [1.29, 1.82) is 0 Å². The number of halogens is 3. The molecule has 0 unspecified atom stereocenters. The number of nitrogens with zero attached hydrogens (tertiary/aromatic N) is 2. The second-order valence-electron chi connectivity index (χ2n) is 8.29. The number of carbonyl (C=O) groups is 1. The molecule has 0 spiro atoms. The summed E-state index contributed by atoms with van der Waals surface area (Å²) in [5, 5.41) is 0. The Hall–Kier alpha value is -1.76. The van der Waals surface area contributed by atoms with Gasteiger partial charge in [0.2, 0.25) is 0 Å². The van der Waals surface area contributed by atoms with Gasteiger partial charge in [0.15, 0.2) is 0 Å². The van der Waals surface area contributed by atoms with Crippen LogP contribution in [0.5, 0.6) is 0 Å². The van der Waals surface area contributed by atoms with Crippen LogP contribution < -0.4 is 0 Å². The summed E-state index contributed by atoms with van der Waals surface area (Å²) in [6, 6.07) is 5.36. The predicted molar refractivity (Wildman–Crippen MR) is 91.5 cm³/mol. The van der Waals surface area contributed by atoms with Gasteiger partial charge in [-0.1, -0.05) is 12.1 Å². The lowest BCUT2D eigenvalue weighted by Crippen LogP contribution is -2.60. The Balaban J connectivity index is 1.39. The van der Waals surface area contributed by atoms with Gasteiger partial charge in [0.25, 0.3) is 0 Å². The first kappa shape index (κ1) is 19.0. The van der Waals surface area contributed by atoms with Gasteiger partial charge in [-0.3, -0.25) is 4.90 Å². The van der Waals surface area contributed by atoms with Gasteiger partial charge in [0.1, 0.15) is 5.60 Å². The SMILES string of the molecule is CC(C)(C)OC(=O)N1CC(C2CN(Cc3ccc(C(F)(F)F)cc3)C2)C1. The lowest BCUT2D eigenvalue weighted by atomic mass is 9.80. The largest absolute Gasteiger partial charge is 0.444 e. The molecule has 0 atom stereocenters. The van der Waals surface area contributed by atoms with Gasteiger partial charge in [-0.2, -0.15) is 13.2 Å². The zero-order valence-electron chi connectivity index (χ0n) is 15.3. The highest BCUT2D eigenvalue weighted by Crippen LogP contribution is 2.33. The number of rotatable bonds is 3. The van der Waals surface area contributed by atoms with Crippen LogP contribution in [0, 0.1) is 11.8 Å². The van der Waals surface area contributed by atoms with Crippen LogP contribution in [0.15, 0.2) is 24.3 Å². The number of carbonyl (C=O) groups excluding carboxylic acids is 1. The molecule has 0 saturated carbocycles. The molecule has 26 heavy (non-hydrogen) atoms. The Labute approximate surface area is 151 Å². The molecule has 0 aromatic heterocycles. The molecular formula is C19H25F3N2O2. The Morgan fingerprint density at radius 3 is 2.08 bits per heavy atom. The Kier molecular flexibility index (Phi) is 4.94. The predicted octanol–water partition coefficient (Wildman–Crippen LogP) is 4.00. The fourth-order valence-electron chi connectivity index (χ4n) is 3.38. The van der Waals surface area contributed by atoms with E-state index in [2.05, 4.69) is 4.90 Å². The summed E-state index contributed by atoms with van der Waals surface area (Å²) in [5.74, 6) is 1.04.